The van der Waals surface area contributed by atoms with Crippen LogP contribution in [0.5, 0.6) is 0 Å². The van der Waals surface area contributed by atoms with Crippen LogP contribution in [-0.2, 0) is 23.8 Å². The van der Waals surface area contributed by atoms with Crippen LogP contribution in [0.25, 0.3) is 0 Å². The number of amides is 1. The van der Waals surface area contributed by atoms with E-state index in [-0.39, 0.29) is 18.7 Å². The monoisotopic (exact) mass is 469 g/mol. The van der Waals surface area contributed by atoms with Gasteiger partial charge in [0.1, 0.15) is 49.3 Å². The van der Waals surface area contributed by atoms with Crippen molar-refractivity contribution in [1.29, 1.82) is 0 Å². The molecule has 0 radical (unpaired) electrons. The first-order valence-corrected chi connectivity index (χ1v) is 9.67. The molecule has 1 amide bonds. The number of hydrogen-bond acceptors (Lipinski definition) is 13. The van der Waals surface area contributed by atoms with Crippen molar-refractivity contribution in [2.45, 2.75) is 62.0 Å². The minimum absolute atomic E-state index is 0.137. The van der Waals surface area contributed by atoms with Crippen molar-refractivity contribution in [3.05, 3.63) is 12.2 Å². The van der Waals surface area contributed by atoms with Gasteiger partial charge in [0.2, 0.25) is 0 Å². The predicted molar refractivity (Wildman–Crippen MR) is 103 cm³/mol. The van der Waals surface area contributed by atoms with Crippen LogP contribution in [0.15, 0.2) is 12.2 Å². The molecule has 9 N–H and O–H groups in total. The van der Waals surface area contributed by atoms with Gasteiger partial charge in [-0.3, -0.25) is 4.79 Å². The van der Waals surface area contributed by atoms with Crippen LogP contribution in [0.2, 0.25) is 0 Å². The van der Waals surface area contributed by atoms with E-state index in [9.17, 15) is 50.4 Å². The first-order valence-electron chi connectivity index (χ1n) is 9.67. The van der Waals surface area contributed by atoms with E-state index in [1.165, 1.54) is 6.92 Å². The van der Waals surface area contributed by atoms with Gasteiger partial charge in [0.05, 0.1) is 19.8 Å². The number of carbonyl (C=O) groups is 2. The third-order valence-corrected chi connectivity index (χ3v) is 4.62. The molecule has 0 bridgehead atoms. The van der Waals surface area contributed by atoms with Crippen LogP contribution in [0.4, 0.5) is 0 Å². The lowest BCUT2D eigenvalue weighted by Crippen LogP contribution is -2.62. The standard InChI is InChI=1S/C18H31NO13/c1-7(2)17(29)30-4-3-19-16(28)13(26)12(25)15(8(22)5-20)32-18-14(27)11(24)10(23)9(6-21)31-18/h8-15,18,20-27H,1,3-6H2,2H3,(H,19,28)/t8-,9-,10+,11+,12+,13-,14-,15-,18+/m1/s1. The van der Waals surface area contributed by atoms with Crippen LogP contribution in [0, 0.1) is 0 Å². The molecule has 14 nitrogen and oxygen atoms in total. The number of aliphatic hydroxyl groups excluding tert-OH is 8. The zero-order valence-corrected chi connectivity index (χ0v) is 17.4. The fraction of sp³-hybridized carbons (Fsp3) is 0.778. The third kappa shape index (κ3) is 7.41. The van der Waals surface area contributed by atoms with E-state index in [1.54, 1.807) is 0 Å². The lowest BCUT2D eigenvalue weighted by molar-refractivity contribution is -0.326. The van der Waals surface area contributed by atoms with Gasteiger partial charge in [-0.2, -0.15) is 0 Å². The molecule has 0 saturated carbocycles. The maximum atomic E-state index is 12.1. The average Bonchev–Trinajstić information content (AvgIpc) is 2.77. The van der Waals surface area contributed by atoms with Gasteiger partial charge in [-0.05, 0) is 6.92 Å². The summed E-state index contributed by atoms with van der Waals surface area (Å²) >= 11 is 0. The van der Waals surface area contributed by atoms with E-state index < -0.39 is 80.2 Å². The van der Waals surface area contributed by atoms with E-state index in [0.717, 1.165) is 0 Å². The second kappa shape index (κ2) is 13.1. The molecule has 1 aliphatic heterocycles. The molecule has 0 aromatic heterocycles. The number of ether oxygens (including phenoxy) is 3. The van der Waals surface area contributed by atoms with Gasteiger partial charge < -0.3 is 60.4 Å². The maximum Gasteiger partial charge on any atom is 0.333 e. The van der Waals surface area contributed by atoms with Gasteiger partial charge in [-0.1, -0.05) is 6.58 Å². The number of hydrogen-bond donors (Lipinski definition) is 9. The van der Waals surface area contributed by atoms with Gasteiger partial charge in [-0.25, -0.2) is 4.79 Å². The number of nitrogens with one attached hydrogen (secondary N) is 1. The van der Waals surface area contributed by atoms with Gasteiger partial charge in [0.25, 0.3) is 5.91 Å². The summed E-state index contributed by atoms with van der Waals surface area (Å²) in [6.45, 7) is 2.53. The fourth-order valence-electron chi connectivity index (χ4n) is 2.72. The second-order valence-corrected chi connectivity index (χ2v) is 7.19. The van der Waals surface area contributed by atoms with Crippen LogP contribution in [-0.4, -0.2) is 134 Å². The number of carbonyl (C=O) groups excluding carboxylic acids is 2. The third-order valence-electron chi connectivity index (χ3n) is 4.62. The highest BCUT2D eigenvalue weighted by molar-refractivity contribution is 5.87. The topological polar surface area (TPSA) is 236 Å². The molecule has 1 saturated heterocycles. The Hall–Kier alpha value is -1.72. The quantitative estimate of drug-likeness (QED) is 0.0737. The molecule has 14 heteroatoms. The van der Waals surface area contributed by atoms with Gasteiger partial charge >= 0.3 is 5.97 Å². The Balaban J connectivity index is 2.78. The molecule has 0 unspecified atom stereocenters. The van der Waals surface area contributed by atoms with Crippen LogP contribution < -0.4 is 5.32 Å². The molecular formula is C18H31NO13. The molecule has 0 aliphatic carbocycles. The normalized spacial score (nSPS) is 29.5. The maximum absolute atomic E-state index is 12.1. The van der Waals surface area contributed by atoms with Crippen molar-refractivity contribution in [2.24, 2.45) is 0 Å². The molecule has 1 aliphatic rings. The summed E-state index contributed by atoms with van der Waals surface area (Å²) in [5, 5.41) is 80.6. The summed E-state index contributed by atoms with van der Waals surface area (Å²) in [6, 6.07) is 0. The molecule has 0 aromatic carbocycles. The SMILES string of the molecule is C=C(C)C(=O)OCCNC(=O)[C@H](O)[C@H](O)[C@H](O[C@@H]1O[C@H](CO)[C@H](O)[C@H](O)[C@H]1O)[C@H](O)CO. The van der Waals surface area contributed by atoms with Crippen molar-refractivity contribution in [1.82, 2.24) is 5.32 Å². The van der Waals surface area contributed by atoms with Crippen molar-refractivity contribution in [2.75, 3.05) is 26.4 Å². The predicted octanol–water partition coefficient (Wildman–Crippen LogP) is -5.52. The summed E-state index contributed by atoms with van der Waals surface area (Å²) < 4.78 is 15.0. The van der Waals surface area contributed by atoms with Gasteiger partial charge in [0.15, 0.2) is 12.4 Å². The molecular weight excluding hydrogens is 438 g/mol. The first-order chi connectivity index (χ1) is 15.0. The molecule has 1 heterocycles. The van der Waals surface area contributed by atoms with Crippen LogP contribution >= 0.6 is 0 Å². The average molecular weight is 469 g/mol. The molecule has 9 atom stereocenters. The molecule has 1 rings (SSSR count). The Kier molecular flexibility index (Phi) is 11.6. The summed E-state index contributed by atoms with van der Waals surface area (Å²) in [5.41, 5.74) is 0.137. The van der Waals surface area contributed by atoms with Gasteiger partial charge in [0, 0.05) is 5.57 Å². The minimum atomic E-state index is -2.21. The summed E-state index contributed by atoms with van der Waals surface area (Å²) in [4.78, 5) is 23.3. The van der Waals surface area contributed by atoms with Crippen molar-refractivity contribution in [3.8, 4) is 0 Å². The van der Waals surface area contributed by atoms with E-state index in [2.05, 4.69) is 11.9 Å². The number of rotatable bonds is 12. The fourth-order valence-corrected chi connectivity index (χ4v) is 2.72. The van der Waals surface area contributed by atoms with E-state index in [4.69, 9.17) is 14.2 Å². The highest BCUT2D eigenvalue weighted by atomic mass is 16.7. The summed E-state index contributed by atoms with van der Waals surface area (Å²) in [7, 11) is 0. The minimum Gasteiger partial charge on any atom is -0.460 e. The number of aliphatic hydroxyl groups is 8. The molecule has 0 spiro atoms. The molecule has 1 fully saturated rings. The van der Waals surface area contributed by atoms with Crippen molar-refractivity contribution >= 4 is 11.9 Å². The molecule has 186 valence electrons. The van der Waals surface area contributed by atoms with E-state index in [1.807, 2.05) is 0 Å². The Morgan fingerprint density at radius 2 is 1.72 bits per heavy atom. The largest absolute Gasteiger partial charge is 0.460 e. The Bertz CT molecular complexity index is 630. The van der Waals surface area contributed by atoms with Crippen molar-refractivity contribution in [3.63, 3.8) is 0 Å². The number of esters is 1. The van der Waals surface area contributed by atoms with Gasteiger partial charge in [-0.15, -0.1) is 0 Å². The lowest BCUT2D eigenvalue weighted by Gasteiger charge is -2.42. The molecule has 32 heavy (non-hydrogen) atoms. The first kappa shape index (κ1) is 28.3. The lowest BCUT2D eigenvalue weighted by atomic mass is 9.98. The summed E-state index contributed by atoms with van der Waals surface area (Å²) in [5.74, 6) is -1.84. The summed E-state index contributed by atoms with van der Waals surface area (Å²) in [6.07, 6.45) is -16.8. The highest BCUT2D eigenvalue weighted by Gasteiger charge is 2.47. The Morgan fingerprint density at radius 3 is 2.25 bits per heavy atom. The van der Waals surface area contributed by atoms with E-state index >= 15 is 0 Å². The van der Waals surface area contributed by atoms with Crippen LogP contribution in [0.3, 0.4) is 0 Å². The van der Waals surface area contributed by atoms with E-state index in [0.29, 0.717) is 0 Å². The van der Waals surface area contributed by atoms with Crippen LogP contribution in [0.1, 0.15) is 6.92 Å². The zero-order valence-electron chi connectivity index (χ0n) is 17.4. The second-order valence-electron chi connectivity index (χ2n) is 7.19. The highest BCUT2D eigenvalue weighted by Crippen LogP contribution is 2.25. The smallest absolute Gasteiger partial charge is 0.333 e. The van der Waals surface area contributed by atoms with Crippen molar-refractivity contribution < 1.29 is 64.7 Å². The Labute approximate surface area is 183 Å². The molecule has 0 aromatic rings. The Morgan fingerprint density at radius 1 is 1.09 bits per heavy atom. The zero-order chi connectivity index (χ0) is 24.6.